The summed E-state index contributed by atoms with van der Waals surface area (Å²) in [4.78, 5) is 27.3. The third kappa shape index (κ3) is 3.93. The number of ether oxygens (including phenoxy) is 1. The van der Waals surface area contributed by atoms with Gasteiger partial charge in [-0.05, 0) is 44.9 Å². The maximum absolute atomic E-state index is 13.0. The summed E-state index contributed by atoms with van der Waals surface area (Å²) >= 11 is 0. The van der Waals surface area contributed by atoms with Gasteiger partial charge in [-0.1, -0.05) is 6.08 Å². The van der Waals surface area contributed by atoms with Gasteiger partial charge in [0.1, 0.15) is 5.60 Å². The molecule has 21 heavy (non-hydrogen) atoms. The normalized spacial score (nSPS) is 15.6. The fourth-order valence-corrected chi connectivity index (χ4v) is 2.05. The molecule has 1 amide bonds. The molecule has 2 heterocycles. The van der Waals surface area contributed by atoms with Gasteiger partial charge in [0.25, 0.3) is 5.56 Å². The van der Waals surface area contributed by atoms with Crippen molar-refractivity contribution in [3.8, 4) is 0 Å². The average Bonchev–Trinajstić information content (AvgIpc) is 2.40. The third-order valence-electron chi connectivity index (χ3n) is 3.07. The molecule has 0 fully saturated rings. The van der Waals surface area contributed by atoms with Crippen LogP contribution in [0.25, 0.3) is 5.57 Å². The van der Waals surface area contributed by atoms with Crippen molar-refractivity contribution in [2.45, 2.75) is 32.8 Å². The van der Waals surface area contributed by atoms with Gasteiger partial charge in [-0.15, -0.1) is 0 Å². The van der Waals surface area contributed by atoms with Gasteiger partial charge >= 0.3 is 6.09 Å². The number of nitrogens with one attached hydrogen (secondary N) is 1. The second kappa shape index (κ2) is 5.71. The molecule has 0 saturated heterocycles. The summed E-state index contributed by atoms with van der Waals surface area (Å²) in [5, 5.41) is 0. The van der Waals surface area contributed by atoms with Crippen LogP contribution in [0.5, 0.6) is 0 Å². The molecule has 5 nitrogen and oxygen atoms in total. The molecule has 2 rings (SSSR count). The smallest absolute Gasteiger partial charge is 0.410 e. The van der Waals surface area contributed by atoms with Crippen LogP contribution in [0.1, 0.15) is 32.9 Å². The molecule has 6 heteroatoms. The van der Waals surface area contributed by atoms with Crippen LogP contribution in [-0.4, -0.2) is 34.7 Å². The molecule has 0 aliphatic carbocycles. The molecule has 0 saturated carbocycles. The largest absolute Gasteiger partial charge is 0.444 e. The monoisotopic (exact) mass is 294 g/mol. The number of pyridine rings is 1. The lowest BCUT2D eigenvalue weighted by Crippen LogP contribution is -2.39. The van der Waals surface area contributed by atoms with E-state index in [1.165, 1.54) is 6.07 Å². The Morgan fingerprint density at radius 1 is 1.38 bits per heavy atom. The van der Waals surface area contributed by atoms with E-state index in [0.717, 1.165) is 11.6 Å². The molecule has 0 radical (unpaired) electrons. The first kappa shape index (κ1) is 15.3. The highest BCUT2D eigenvalue weighted by atomic mass is 19.1. The van der Waals surface area contributed by atoms with E-state index in [9.17, 15) is 14.0 Å². The van der Waals surface area contributed by atoms with Crippen LogP contribution in [0.2, 0.25) is 0 Å². The first-order valence-corrected chi connectivity index (χ1v) is 6.82. The maximum atomic E-state index is 13.0. The highest BCUT2D eigenvalue weighted by Gasteiger charge is 2.24. The number of aromatic amines is 1. The summed E-state index contributed by atoms with van der Waals surface area (Å²) < 4.78 is 18.3. The molecular formula is C15H19FN2O3. The Balaban J connectivity index is 2.06. The second-order valence-electron chi connectivity index (χ2n) is 5.95. The number of nitrogens with zero attached hydrogens (tertiary/aromatic N) is 1. The second-order valence-corrected chi connectivity index (χ2v) is 5.95. The lowest BCUT2D eigenvalue weighted by atomic mass is 10.0. The van der Waals surface area contributed by atoms with Crippen molar-refractivity contribution in [3.05, 3.63) is 40.1 Å². The highest BCUT2D eigenvalue weighted by molar-refractivity contribution is 5.71. The predicted octanol–water partition coefficient (Wildman–Crippen LogP) is 2.54. The zero-order valence-electron chi connectivity index (χ0n) is 12.4. The van der Waals surface area contributed by atoms with Gasteiger partial charge in [-0.25, -0.2) is 9.18 Å². The van der Waals surface area contributed by atoms with Gasteiger partial charge in [-0.3, -0.25) is 4.79 Å². The van der Waals surface area contributed by atoms with Crippen molar-refractivity contribution in [1.82, 2.24) is 9.88 Å². The van der Waals surface area contributed by atoms with E-state index >= 15 is 0 Å². The van der Waals surface area contributed by atoms with Gasteiger partial charge in [-0.2, -0.15) is 0 Å². The van der Waals surface area contributed by atoms with Crippen molar-refractivity contribution in [2.75, 3.05) is 13.1 Å². The minimum Gasteiger partial charge on any atom is -0.444 e. The average molecular weight is 294 g/mol. The number of carbonyl (C=O) groups is 1. The standard InChI is InChI=1S/C15H19FN2O3/c1-15(2,3)21-14(20)18-8-6-10(7-9-18)12-5-4-11(16)13(19)17-12/h4-6H,7-9H2,1-3H3,(H,17,19). The van der Waals surface area contributed by atoms with E-state index in [1.807, 2.05) is 26.8 Å². The number of hydrogen-bond acceptors (Lipinski definition) is 3. The van der Waals surface area contributed by atoms with Crippen LogP contribution < -0.4 is 5.56 Å². The zero-order chi connectivity index (χ0) is 15.6. The van der Waals surface area contributed by atoms with Crippen molar-refractivity contribution >= 4 is 11.7 Å². The number of aromatic nitrogens is 1. The Bertz CT molecular complexity index is 629. The Morgan fingerprint density at radius 3 is 2.62 bits per heavy atom. The van der Waals surface area contributed by atoms with Crippen LogP contribution >= 0.6 is 0 Å². The van der Waals surface area contributed by atoms with Crippen LogP contribution in [0, 0.1) is 5.82 Å². The van der Waals surface area contributed by atoms with Gasteiger partial charge < -0.3 is 14.6 Å². The van der Waals surface area contributed by atoms with Gasteiger partial charge in [0.05, 0.1) is 0 Å². The van der Waals surface area contributed by atoms with Gasteiger partial charge in [0, 0.05) is 18.8 Å². The van der Waals surface area contributed by atoms with Crippen molar-refractivity contribution < 1.29 is 13.9 Å². The third-order valence-corrected chi connectivity index (χ3v) is 3.07. The van der Waals surface area contributed by atoms with Crippen molar-refractivity contribution in [2.24, 2.45) is 0 Å². The summed E-state index contributed by atoms with van der Waals surface area (Å²) in [6.45, 7) is 6.36. The molecule has 1 aromatic rings. The van der Waals surface area contributed by atoms with E-state index in [4.69, 9.17) is 4.74 Å². The molecule has 0 spiro atoms. The fourth-order valence-electron chi connectivity index (χ4n) is 2.05. The first-order valence-electron chi connectivity index (χ1n) is 6.82. The summed E-state index contributed by atoms with van der Waals surface area (Å²) in [6, 6.07) is 2.68. The maximum Gasteiger partial charge on any atom is 0.410 e. The fraction of sp³-hybridized carbons (Fsp3) is 0.467. The molecule has 1 aromatic heterocycles. The van der Waals surface area contributed by atoms with E-state index in [0.29, 0.717) is 25.2 Å². The zero-order valence-corrected chi connectivity index (χ0v) is 12.4. The Kier molecular flexibility index (Phi) is 4.16. The number of halogens is 1. The molecule has 0 unspecified atom stereocenters. The SMILES string of the molecule is CC(C)(C)OC(=O)N1CC=C(c2ccc(F)c(=O)[nH]2)CC1. The first-order chi connectivity index (χ1) is 9.76. The van der Waals surface area contributed by atoms with E-state index < -0.39 is 17.0 Å². The van der Waals surface area contributed by atoms with E-state index in [-0.39, 0.29) is 6.09 Å². The predicted molar refractivity (Wildman–Crippen MR) is 77.4 cm³/mol. The van der Waals surface area contributed by atoms with Gasteiger partial charge in [0.15, 0.2) is 5.82 Å². The molecule has 0 aromatic carbocycles. The van der Waals surface area contributed by atoms with Crippen LogP contribution in [0.15, 0.2) is 23.0 Å². The highest BCUT2D eigenvalue weighted by Crippen LogP contribution is 2.21. The number of hydrogen-bond donors (Lipinski definition) is 1. The van der Waals surface area contributed by atoms with E-state index in [1.54, 1.807) is 4.90 Å². The molecule has 1 N–H and O–H groups in total. The summed E-state index contributed by atoms with van der Waals surface area (Å²) in [7, 11) is 0. The molecule has 1 aliphatic rings. The van der Waals surface area contributed by atoms with Crippen LogP contribution in [0.3, 0.4) is 0 Å². The topological polar surface area (TPSA) is 62.4 Å². The summed E-state index contributed by atoms with van der Waals surface area (Å²) in [6.07, 6.45) is 2.07. The van der Waals surface area contributed by atoms with Crippen LogP contribution in [-0.2, 0) is 4.74 Å². The summed E-state index contributed by atoms with van der Waals surface area (Å²) in [5.74, 6) is -0.800. The molecule has 1 aliphatic heterocycles. The number of carbonyl (C=O) groups excluding carboxylic acids is 1. The number of amides is 1. The lowest BCUT2D eigenvalue weighted by molar-refractivity contribution is 0.0270. The van der Waals surface area contributed by atoms with E-state index in [2.05, 4.69) is 4.98 Å². The molecule has 0 atom stereocenters. The summed E-state index contributed by atoms with van der Waals surface area (Å²) in [5.41, 5.74) is 0.226. The van der Waals surface area contributed by atoms with Gasteiger partial charge in [0.2, 0.25) is 0 Å². The molecule has 0 bridgehead atoms. The quantitative estimate of drug-likeness (QED) is 0.865. The lowest BCUT2D eigenvalue weighted by Gasteiger charge is -2.29. The minimum absolute atomic E-state index is 0.356. The number of rotatable bonds is 1. The van der Waals surface area contributed by atoms with Crippen molar-refractivity contribution in [1.29, 1.82) is 0 Å². The number of H-pyrrole nitrogens is 1. The van der Waals surface area contributed by atoms with Crippen molar-refractivity contribution in [3.63, 3.8) is 0 Å². The Hall–Kier alpha value is -2.11. The minimum atomic E-state index is -0.800. The van der Waals surface area contributed by atoms with Crippen LogP contribution in [0.4, 0.5) is 9.18 Å². The molecular weight excluding hydrogens is 275 g/mol. The molecule has 114 valence electrons. The Morgan fingerprint density at radius 2 is 2.10 bits per heavy atom. The Labute approximate surface area is 122 Å².